The van der Waals surface area contributed by atoms with Crippen molar-refractivity contribution in [2.45, 2.75) is 25.6 Å². The van der Waals surface area contributed by atoms with Crippen LogP contribution in [0.15, 0.2) is 48.5 Å². The lowest BCUT2D eigenvalue weighted by atomic mass is 9.97. The minimum atomic E-state index is -0.417. The summed E-state index contributed by atoms with van der Waals surface area (Å²) < 4.78 is 15.5. The monoisotopic (exact) mass is 363 g/mol. The van der Waals surface area contributed by atoms with Crippen LogP contribution < -0.4 is 0 Å². The third-order valence-electron chi connectivity index (χ3n) is 5.69. The van der Waals surface area contributed by atoms with E-state index in [2.05, 4.69) is 16.7 Å². The van der Waals surface area contributed by atoms with Crippen molar-refractivity contribution in [1.82, 2.24) is 14.4 Å². The van der Waals surface area contributed by atoms with E-state index in [1.54, 1.807) is 24.1 Å². The number of imide groups is 1. The van der Waals surface area contributed by atoms with Gasteiger partial charge < -0.3 is 9.47 Å². The summed E-state index contributed by atoms with van der Waals surface area (Å²) in [4.78, 5) is 27.8. The van der Waals surface area contributed by atoms with E-state index in [1.807, 2.05) is 12.1 Å². The van der Waals surface area contributed by atoms with Crippen LogP contribution in [0.4, 0.5) is 9.18 Å². The van der Waals surface area contributed by atoms with Crippen LogP contribution in [0.1, 0.15) is 16.8 Å². The lowest BCUT2D eigenvalue weighted by Gasteiger charge is -2.28. The summed E-state index contributed by atoms with van der Waals surface area (Å²) in [5.74, 6) is -0.397. The van der Waals surface area contributed by atoms with Crippen LogP contribution >= 0.6 is 0 Å². The third kappa shape index (κ3) is 2.29. The molecule has 5 nitrogen and oxygen atoms in total. The number of carbonyl (C=O) groups excluding carboxylic acids is 2. The normalized spacial score (nSPS) is 19.0. The van der Waals surface area contributed by atoms with Gasteiger partial charge in [-0.3, -0.25) is 9.69 Å². The molecule has 0 saturated carbocycles. The van der Waals surface area contributed by atoms with Crippen molar-refractivity contribution >= 4 is 22.8 Å². The molecule has 1 atom stereocenters. The minimum absolute atomic E-state index is 0.138. The van der Waals surface area contributed by atoms with Gasteiger partial charge in [0.25, 0.3) is 5.91 Å². The number of carbonyl (C=O) groups is 2. The fraction of sp³-hybridized carbons (Fsp3) is 0.238. The van der Waals surface area contributed by atoms with E-state index >= 15 is 0 Å². The van der Waals surface area contributed by atoms with Crippen molar-refractivity contribution in [2.75, 3.05) is 7.05 Å². The number of rotatable bonds is 2. The Bertz CT molecular complexity index is 1090. The molecule has 27 heavy (non-hydrogen) atoms. The number of benzene rings is 2. The molecule has 0 spiro atoms. The van der Waals surface area contributed by atoms with Crippen molar-refractivity contribution in [3.8, 4) is 0 Å². The first-order chi connectivity index (χ1) is 13.0. The molecular weight excluding hydrogens is 345 g/mol. The van der Waals surface area contributed by atoms with Crippen LogP contribution in [0.2, 0.25) is 0 Å². The minimum Gasteiger partial charge on any atom is -0.338 e. The molecule has 1 fully saturated rings. The molecule has 2 aliphatic heterocycles. The largest absolute Gasteiger partial charge is 0.338 e. The summed E-state index contributed by atoms with van der Waals surface area (Å²) in [5, 5.41) is 1.11. The number of fused-ring (bicyclic) bond motifs is 4. The second-order valence-corrected chi connectivity index (χ2v) is 7.18. The van der Waals surface area contributed by atoms with Gasteiger partial charge >= 0.3 is 6.03 Å². The lowest BCUT2D eigenvalue weighted by molar-refractivity contribution is -0.127. The highest BCUT2D eigenvalue weighted by atomic mass is 19.1. The summed E-state index contributed by atoms with van der Waals surface area (Å²) in [6, 6.07) is 13.9. The fourth-order valence-corrected chi connectivity index (χ4v) is 4.30. The van der Waals surface area contributed by atoms with E-state index in [-0.39, 0.29) is 17.8 Å². The topological polar surface area (TPSA) is 45.6 Å². The Kier molecular flexibility index (Phi) is 3.37. The number of likely N-dealkylation sites (N-methyl/N-ethyl adjacent to an activating group) is 1. The van der Waals surface area contributed by atoms with Gasteiger partial charge in [-0.25, -0.2) is 9.18 Å². The molecule has 3 heterocycles. The van der Waals surface area contributed by atoms with E-state index in [9.17, 15) is 14.0 Å². The van der Waals surface area contributed by atoms with Gasteiger partial charge in [-0.15, -0.1) is 0 Å². The predicted octanol–water partition coefficient (Wildman–Crippen LogP) is 3.15. The summed E-state index contributed by atoms with van der Waals surface area (Å²) in [6.45, 7) is 0.997. The maximum absolute atomic E-state index is 13.3. The number of urea groups is 1. The Labute approximate surface area is 155 Å². The Morgan fingerprint density at radius 1 is 1.07 bits per heavy atom. The quantitative estimate of drug-likeness (QED) is 0.657. The average molecular weight is 363 g/mol. The first-order valence-corrected chi connectivity index (χ1v) is 8.96. The summed E-state index contributed by atoms with van der Waals surface area (Å²) in [5.41, 5.74) is 4.24. The third-order valence-corrected chi connectivity index (χ3v) is 5.69. The molecule has 0 radical (unpaired) electrons. The molecule has 0 bridgehead atoms. The number of nitrogens with zero attached hydrogens (tertiary/aromatic N) is 3. The summed E-state index contributed by atoms with van der Waals surface area (Å²) in [6.07, 6.45) is 0.529. The van der Waals surface area contributed by atoms with Gasteiger partial charge in [0.15, 0.2) is 0 Å². The zero-order valence-corrected chi connectivity index (χ0v) is 14.9. The lowest BCUT2D eigenvalue weighted by Crippen LogP contribution is -2.40. The molecule has 1 saturated heterocycles. The van der Waals surface area contributed by atoms with E-state index in [0.29, 0.717) is 19.5 Å². The van der Waals surface area contributed by atoms with Crippen molar-refractivity contribution < 1.29 is 14.0 Å². The van der Waals surface area contributed by atoms with E-state index < -0.39 is 6.04 Å². The van der Waals surface area contributed by atoms with Gasteiger partial charge in [0, 0.05) is 36.6 Å². The molecule has 1 unspecified atom stereocenters. The molecule has 2 aliphatic rings. The molecule has 0 N–H and O–H groups in total. The maximum Gasteiger partial charge on any atom is 0.327 e. The van der Waals surface area contributed by atoms with Crippen LogP contribution in [0, 0.1) is 5.82 Å². The Morgan fingerprint density at radius 2 is 1.81 bits per heavy atom. The van der Waals surface area contributed by atoms with Gasteiger partial charge in [0.2, 0.25) is 0 Å². The van der Waals surface area contributed by atoms with E-state index in [4.69, 9.17) is 0 Å². The van der Waals surface area contributed by atoms with Crippen molar-refractivity contribution in [3.63, 3.8) is 0 Å². The Balaban J connectivity index is 1.64. The molecule has 6 heteroatoms. The number of hydrogen-bond acceptors (Lipinski definition) is 2. The summed E-state index contributed by atoms with van der Waals surface area (Å²) >= 11 is 0. The van der Waals surface area contributed by atoms with Crippen LogP contribution in [-0.4, -0.2) is 39.4 Å². The molecule has 3 amide bonds. The molecule has 2 aromatic carbocycles. The fourth-order valence-electron chi connectivity index (χ4n) is 4.30. The summed E-state index contributed by atoms with van der Waals surface area (Å²) in [7, 11) is 1.54. The van der Waals surface area contributed by atoms with Crippen LogP contribution in [0.25, 0.3) is 10.9 Å². The number of hydrogen-bond donors (Lipinski definition) is 0. The SMILES string of the molecule is CN1C(=O)C2Cc3c(n(Cc4ccc(F)cc4)c4ccccc34)CN2C1=O. The second kappa shape index (κ2) is 5.67. The van der Waals surface area contributed by atoms with Crippen molar-refractivity contribution in [2.24, 2.45) is 0 Å². The van der Waals surface area contributed by atoms with Crippen LogP contribution in [0.5, 0.6) is 0 Å². The molecule has 1 aromatic heterocycles. The van der Waals surface area contributed by atoms with Crippen molar-refractivity contribution in [1.29, 1.82) is 0 Å². The zero-order chi connectivity index (χ0) is 18.7. The Hall–Kier alpha value is -3.15. The zero-order valence-electron chi connectivity index (χ0n) is 14.9. The molecule has 3 aromatic rings. The van der Waals surface area contributed by atoms with Crippen molar-refractivity contribution in [3.05, 3.63) is 71.2 Å². The highest BCUT2D eigenvalue weighted by Crippen LogP contribution is 2.36. The first kappa shape index (κ1) is 16.1. The van der Waals surface area contributed by atoms with E-state index in [1.165, 1.54) is 17.0 Å². The predicted molar refractivity (Wildman–Crippen MR) is 98.6 cm³/mol. The smallest absolute Gasteiger partial charge is 0.327 e. The second-order valence-electron chi connectivity index (χ2n) is 7.18. The van der Waals surface area contributed by atoms with Crippen LogP contribution in [0.3, 0.4) is 0 Å². The van der Waals surface area contributed by atoms with Gasteiger partial charge in [0.1, 0.15) is 11.9 Å². The molecule has 136 valence electrons. The first-order valence-electron chi connectivity index (χ1n) is 8.96. The Morgan fingerprint density at radius 3 is 2.59 bits per heavy atom. The van der Waals surface area contributed by atoms with Crippen LogP contribution in [-0.2, 0) is 24.3 Å². The van der Waals surface area contributed by atoms with Gasteiger partial charge in [-0.2, -0.15) is 0 Å². The maximum atomic E-state index is 13.3. The molecule has 0 aliphatic carbocycles. The highest BCUT2D eigenvalue weighted by Gasteiger charge is 2.46. The molecule has 5 rings (SSSR count). The number of halogens is 1. The number of amides is 3. The van der Waals surface area contributed by atoms with E-state index in [0.717, 1.165) is 27.7 Å². The molecular formula is C21H18FN3O2. The van der Waals surface area contributed by atoms with Gasteiger partial charge in [0.05, 0.1) is 6.54 Å². The highest BCUT2D eigenvalue weighted by molar-refractivity contribution is 6.05. The number of para-hydroxylation sites is 1. The van der Waals surface area contributed by atoms with Gasteiger partial charge in [-0.05, 0) is 29.3 Å². The average Bonchev–Trinajstić information content (AvgIpc) is 3.10. The number of aromatic nitrogens is 1. The standard InChI is InChI=1S/C21H18FN3O2/c1-23-20(26)18-10-16-15-4-2-3-5-17(15)24(19(16)12-25(18)21(23)27)11-13-6-8-14(22)9-7-13/h2-9,18H,10-12H2,1H3. The van der Waals surface area contributed by atoms with Gasteiger partial charge in [-0.1, -0.05) is 30.3 Å².